The average Bonchev–Trinajstić information content (AvgIpc) is 2.87. The first-order chi connectivity index (χ1) is 10.4. The first kappa shape index (κ1) is 15.8. The molecule has 1 aromatic heterocycles. The monoisotopic (exact) mass is 302 g/mol. The number of nitrogens with zero attached hydrogens (tertiary/aromatic N) is 1. The third kappa shape index (κ3) is 3.33. The van der Waals surface area contributed by atoms with E-state index in [2.05, 4.69) is 10.3 Å². The predicted octanol–water partition coefficient (Wildman–Crippen LogP) is 2.49. The number of benzene rings is 1. The van der Waals surface area contributed by atoms with Crippen LogP contribution in [0.2, 0.25) is 0 Å². The lowest BCUT2D eigenvalue weighted by atomic mass is 10.0. The number of hydrogen-bond donors (Lipinski definition) is 2. The van der Waals surface area contributed by atoms with Crippen molar-refractivity contribution in [2.24, 2.45) is 5.92 Å². The van der Waals surface area contributed by atoms with E-state index >= 15 is 0 Å². The number of carboxylic acid groups (broad SMARTS) is 1. The van der Waals surface area contributed by atoms with Gasteiger partial charge in [0.05, 0.1) is 0 Å². The van der Waals surface area contributed by atoms with Crippen LogP contribution < -0.4 is 5.32 Å². The van der Waals surface area contributed by atoms with Crippen LogP contribution >= 0.6 is 0 Å². The summed E-state index contributed by atoms with van der Waals surface area (Å²) in [6, 6.07) is 8.22. The fraction of sp³-hybridized carbons (Fsp3) is 0.312. The molecule has 0 aliphatic heterocycles. The standard InChI is InChI=1S/C16H18N2O4/c1-9(2)12(16(20)21)17-14(19)13-10(3)22-15(18-13)11-7-5-4-6-8-11/h4-9,12H,1-3H3,(H,17,19)(H,20,21)/t12-/m0/s1. The number of carboxylic acids is 1. The maximum atomic E-state index is 12.2. The lowest BCUT2D eigenvalue weighted by Gasteiger charge is -2.17. The van der Waals surface area contributed by atoms with Crippen molar-refractivity contribution < 1.29 is 19.1 Å². The molecule has 6 nitrogen and oxygen atoms in total. The minimum absolute atomic E-state index is 0.103. The van der Waals surface area contributed by atoms with Crippen LogP contribution in [0.25, 0.3) is 11.5 Å². The highest BCUT2D eigenvalue weighted by molar-refractivity contribution is 5.96. The quantitative estimate of drug-likeness (QED) is 0.885. The Morgan fingerprint density at radius 2 is 1.86 bits per heavy atom. The largest absolute Gasteiger partial charge is 0.480 e. The maximum absolute atomic E-state index is 12.2. The van der Waals surface area contributed by atoms with Crippen molar-refractivity contribution in [3.8, 4) is 11.5 Å². The summed E-state index contributed by atoms with van der Waals surface area (Å²) < 4.78 is 5.50. The second kappa shape index (κ2) is 6.43. The number of aliphatic carboxylic acids is 1. The number of carbonyl (C=O) groups is 2. The predicted molar refractivity (Wildman–Crippen MR) is 80.4 cm³/mol. The van der Waals surface area contributed by atoms with Gasteiger partial charge in [-0.25, -0.2) is 9.78 Å². The summed E-state index contributed by atoms with van der Waals surface area (Å²) in [6.45, 7) is 5.08. The summed E-state index contributed by atoms with van der Waals surface area (Å²) in [4.78, 5) is 27.6. The van der Waals surface area contributed by atoms with Gasteiger partial charge in [-0.15, -0.1) is 0 Å². The molecule has 0 unspecified atom stereocenters. The molecule has 0 fully saturated rings. The summed E-state index contributed by atoms with van der Waals surface area (Å²) in [5, 5.41) is 11.6. The van der Waals surface area contributed by atoms with Crippen LogP contribution in [0.1, 0.15) is 30.1 Å². The summed E-state index contributed by atoms with van der Waals surface area (Å²) in [6.07, 6.45) is 0. The molecule has 0 radical (unpaired) electrons. The summed E-state index contributed by atoms with van der Waals surface area (Å²) in [7, 11) is 0. The Hall–Kier alpha value is -2.63. The number of carbonyl (C=O) groups excluding carboxylic acids is 1. The Balaban J connectivity index is 2.24. The molecule has 0 bridgehead atoms. The second-order valence-electron chi connectivity index (χ2n) is 5.32. The summed E-state index contributed by atoms with van der Waals surface area (Å²) >= 11 is 0. The van der Waals surface area contributed by atoms with E-state index in [4.69, 9.17) is 9.52 Å². The third-order valence-electron chi connectivity index (χ3n) is 3.25. The second-order valence-corrected chi connectivity index (χ2v) is 5.32. The molecule has 1 aromatic carbocycles. The van der Waals surface area contributed by atoms with E-state index in [1.165, 1.54) is 0 Å². The van der Waals surface area contributed by atoms with Crippen LogP contribution in [0, 0.1) is 12.8 Å². The van der Waals surface area contributed by atoms with Crippen molar-refractivity contribution in [2.45, 2.75) is 26.8 Å². The molecule has 1 atom stereocenters. The number of rotatable bonds is 5. The van der Waals surface area contributed by atoms with Gasteiger partial charge < -0.3 is 14.8 Å². The van der Waals surface area contributed by atoms with Gasteiger partial charge in [-0.2, -0.15) is 0 Å². The lowest BCUT2D eigenvalue weighted by molar-refractivity contribution is -0.140. The van der Waals surface area contributed by atoms with Crippen LogP contribution in [0.5, 0.6) is 0 Å². The van der Waals surface area contributed by atoms with Crippen molar-refractivity contribution in [2.75, 3.05) is 0 Å². The molecule has 1 heterocycles. The zero-order valence-corrected chi connectivity index (χ0v) is 12.7. The molecule has 0 spiro atoms. The van der Waals surface area contributed by atoms with Crippen LogP contribution in [0.3, 0.4) is 0 Å². The van der Waals surface area contributed by atoms with E-state index < -0.39 is 17.9 Å². The number of aromatic nitrogens is 1. The Bertz CT molecular complexity index is 677. The molecular weight excluding hydrogens is 284 g/mol. The Kier molecular flexibility index (Phi) is 4.60. The van der Waals surface area contributed by atoms with Gasteiger partial charge in [-0.1, -0.05) is 32.0 Å². The van der Waals surface area contributed by atoms with Crippen molar-refractivity contribution in [3.63, 3.8) is 0 Å². The number of oxazole rings is 1. The smallest absolute Gasteiger partial charge is 0.326 e. The fourth-order valence-corrected chi connectivity index (χ4v) is 2.03. The SMILES string of the molecule is Cc1oc(-c2ccccc2)nc1C(=O)N[C@H](C(=O)O)C(C)C. The van der Waals surface area contributed by atoms with Gasteiger partial charge in [-0.3, -0.25) is 4.79 Å². The van der Waals surface area contributed by atoms with Crippen molar-refractivity contribution in [3.05, 3.63) is 41.8 Å². The summed E-state index contributed by atoms with van der Waals surface area (Å²) in [5.41, 5.74) is 0.856. The normalized spacial score (nSPS) is 12.2. The molecule has 0 aliphatic carbocycles. The van der Waals surface area contributed by atoms with Crippen molar-refractivity contribution in [1.29, 1.82) is 0 Å². The van der Waals surface area contributed by atoms with Gasteiger partial charge in [-0.05, 0) is 25.0 Å². The van der Waals surface area contributed by atoms with Gasteiger partial charge in [0.15, 0.2) is 5.69 Å². The number of nitrogens with one attached hydrogen (secondary N) is 1. The first-order valence-electron chi connectivity index (χ1n) is 6.96. The minimum Gasteiger partial charge on any atom is -0.480 e. The highest BCUT2D eigenvalue weighted by atomic mass is 16.4. The molecule has 22 heavy (non-hydrogen) atoms. The van der Waals surface area contributed by atoms with Gasteiger partial charge in [0.2, 0.25) is 5.89 Å². The first-order valence-corrected chi connectivity index (χ1v) is 6.96. The fourth-order valence-electron chi connectivity index (χ4n) is 2.03. The molecule has 0 saturated heterocycles. The molecule has 1 amide bonds. The van der Waals surface area contributed by atoms with E-state index in [9.17, 15) is 9.59 Å². The van der Waals surface area contributed by atoms with Gasteiger partial charge in [0, 0.05) is 5.56 Å². The topological polar surface area (TPSA) is 92.4 Å². The van der Waals surface area contributed by atoms with E-state index in [0.717, 1.165) is 5.56 Å². The van der Waals surface area contributed by atoms with Gasteiger partial charge >= 0.3 is 5.97 Å². The van der Waals surface area contributed by atoms with Crippen LogP contribution in [-0.4, -0.2) is 28.0 Å². The Labute approximate surface area is 128 Å². The highest BCUT2D eigenvalue weighted by Crippen LogP contribution is 2.21. The molecule has 2 rings (SSSR count). The Morgan fingerprint density at radius 1 is 1.23 bits per heavy atom. The van der Waals surface area contributed by atoms with Crippen molar-refractivity contribution in [1.82, 2.24) is 10.3 Å². The maximum Gasteiger partial charge on any atom is 0.326 e. The lowest BCUT2D eigenvalue weighted by Crippen LogP contribution is -2.44. The molecule has 6 heteroatoms. The van der Waals surface area contributed by atoms with Crippen LogP contribution in [0.4, 0.5) is 0 Å². The van der Waals surface area contributed by atoms with Crippen molar-refractivity contribution >= 4 is 11.9 Å². The van der Waals surface area contributed by atoms with Crippen LogP contribution in [0.15, 0.2) is 34.7 Å². The zero-order chi connectivity index (χ0) is 16.3. The van der Waals surface area contributed by atoms with E-state index in [1.807, 2.05) is 30.3 Å². The number of aryl methyl sites for hydroxylation is 1. The van der Waals surface area contributed by atoms with E-state index in [1.54, 1.807) is 20.8 Å². The van der Waals surface area contributed by atoms with E-state index in [0.29, 0.717) is 11.7 Å². The zero-order valence-electron chi connectivity index (χ0n) is 12.7. The molecule has 116 valence electrons. The number of hydrogen-bond acceptors (Lipinski definition) is 4. The van der Waals surface area contributed by atoms with E-state index in [-0.39, 0.29) is 11.6 Å². The Morgan fingerprint density at radius 3 is 2.41 bits per heavy atom. The van der Waals surface area contributed by atoms with Gasteiger partial charge in [0.1, 0.15) is 11.8 Å². The molecule has 2 aromatic rings. The van der Waals surface area contributed by atoms with Gasteiger partial charge in [0.25, 0.3) is 5.91 Å². The highest BCUT2D eigenvalue weighted by Gasteiger charge is 2.26. The molecule has 0 saturated carbocycles. The average molecular weight is 302 g/mol. The van der Waals surface area contributed by atoms with Crippen LogP contribution in [-0.2, 0) is 4.79 Å². The molecular formula is C16H18N2O4. The molecule has 2 N–H and O–H groups in total. The minimum atomic E-state index is -1.08. The molecule has 0 aliphatic rings. The summed E-state index contributed by atoms with van der Waals surface area (Å²) in [5.74, 6) is -1.18. The number of amides is 1. The third-order valence-corrected chi connectivity index (χ3v) is 3.25.